The fourth-order valence-electron chi connectivity index (χ4n) is 1.26. The lowest BCUT2D eigenvalue weighted by Crippen LogP contribution is -2.01. The first-order valence-corrected chi connectivity index (χ1v) is 5.48. The second-order valence-corrected chi connectivity index (χ2v) is 3.92. The molecule has 0 aliphatic carbocycles. The largest absolute Gasteiger partial charge is 0.435 e. The SMILES string of the molecule is FC(F)Oc1ccc(-c2nccc(Br)n2)cc1. The van der Waals surface area contributed by atoms with Gasteiger partial charge in [-0.15, -0.1) is 0 Å². The number of nitrogens with zero attached hydrogens (tertiary/aromatic N) is 2. The van der Waals surface area contributed by atoms with Crippen LogP contribution in [-0.2, 0) is 0 Å². The molecule has 0 aliphatic rings. The standard InChI is InChI=1S/C11H7BrF2N2O/c12-9-5-6-15-10(16-9)7-1-3-8(4-2-7)17-11(13)14/h1-6,11H. The van der Waals surface area contributed by atoms with Crippen LogP contribution in [0.1, 0.15) is 0 Å². The highest BCUT2D eigenvalue weighted by Crippen LogP contribution is 2.21. The number of ether oxygens (including phenoxy) is 1. The Morgan fingerprint density at radius 2 is 1.82 bits per heavy atom. The normalized spacial score (nSPS) is 10.6. The van der Waals surface area contributed by atoms with E-state index in [0.717, 1.165) is 5.56 Å². The molecule has 1 aromatic carbocycles. The van der Waals surface area contributed by atoms with Crippen molar-refractivity contribution in [1.82, 2.24) is 9.97 Å². The van der Waals surface area contributed by atoms with Crippen molar-refractivity contribution in [3.63, 3.8) is 0 Å². The van der Waals surface area contributed by atoms with E-state index in [1.54, 1.807) is 24.4 Å². The molecular formula is C11H7BrF2N2O. The van der Waals surface area contributed by atoms with Crippen molar-refractivity contribution in [2.45, 2.75) is 6.61 Å². The molecule has 1 heterocycles. The van der Waals surface area contributed by atoms with Crippen LogP contribution in [-0.4, -0.2) is 16.6 Å². The first kappa shape index (κ1) is 11.9. The van der Waals surface area contributed by atoms with Crippen LogP contribution in [0.5, 0.6) is 5.75 Å². The van der Waals surface area contributed by atoms with E-state index in [-0.39, 0.29) is 5.75 Å². The van der Waals surface area contributed by atoms with Crippen LogP contribution in [0.2, 0.25) is 0 Å². The number of hydrogen-bond donors (Lipinski definition) is 0. The molecule has 6 heteroatoms. The summed E-state index contributed by atoms with van der Waals surface area (Å²) in [4.78, 5) is 8.22. The maximum atomic E-state index is 11.9. The summed E-state index contributed by atoms with van der Waals surface area (Å²) in [5.41, 5.74) is 0.730. The summed E-state index contributed by atoms with van der Waals surface area (Å²) in [6, 6.07) is 7.86. The Bertz CT molecular complexity index is 505. The van der Waals surface area contributed by atoms with Gasteiger partial charge in [-0.2, -0.15) is 8.78 Å². The molecule has 17 heavy (non-hydrogen) atoms. The molecule has 2 rings (SSSR count). The van der Waals surface area contributed by atoms with Crippen molar-refractivity contribution in [3.05, 3.63) is 41.1 Å². The van der Waals surface area contributed by atoms with Gasteiger partial charge < -0.3 is 4.74 Å². The van der Waals surface area contributed by atoms with E-state index in [0.29, 0.717) is 10.4 Å². The number of rotatable bonds is 3. The third kappa shape index (κ3) is 3.20. The molecule has 3 nitrogen and oxygen atoms in total. The summed E-state index contributed by atoms with van der Waals surface area (Å²) >= 11 is 3.23. The van der Waals surface area contributed by atoms with Crippen LogP contribution in [0, 0.1) is 0 Å². The van der Waals surface area contributed by atoms with E-state index in [1.807, 2.05) is 0 Å². The van der Waals surface area contributed by atoms with E-state index in [4.69, 9.17) is 0 Å². The van der Waals surface area contributed by atoms with E-state index in [2.05, 4.69) is 30.6 Å². The topological polar surface area (TPSA) is 35.0 Å². The van der Waals surface area contributed by atoms with E-state index in [9.17, 15) is 8.78 Å². The van der Waals surface area contributed by atoms with Crippen LogP contribution in [0.3, 0.4) is 0 Å². The minimum atomic E-state index is -2.82. The zero-order valence-corrected chi connectivity index (χ0v) is 10.1. The zero-order valence-electron chi connectivity index (χ0n) is 8.48. The van der Waals surface area contributed by atoms with Gasteiger partial charge in [0.25, 0.3) is 0 Å². The number of alkyl halides is 2. The van der Waals surface area contributed by atoms with Crippen molar-refractivity contribution < 1.29 is 13.5 Å². The second kappa shape index (κ2) is 5.18. The zero-order chi connectivity index (χ0) is 12.3. The van der Waals surface area contributed by atoms with Gasteiger partial charge in [-0.3, -0.25) is 0 Å². The second-order valence-electron chi connectivity index (χ2n) is 3.11. The first-order chi connectivity index (χ1) is 8.15. The molecule has 88 valence electrons. The molecule has 0 bridgehead atoms. The van der Waals surface area contributed by atoms with Crippen molar-refractivity contribution in [2.75, 3.05) is 0 Å². The fraction of sp³-hybridized carbons (Fsp3) is 0.0909. The number of benzene rings is 1. The molecule has 0 N–H and O–H groups in total. The van der Waals surface area contributed by atoms with Crippen molar-refractivity contribution in [1.29, 1.82) is 0 Å². The lowest BCUT2D eigenvalue weighted by molar-refractivity contribution is -0.0498. The number of aromatic nitrogens is 2. The smallest absolute Gasteiger partial charge is 0.387 e. The molecule has 0 radical (unpaired) electrons. The van der Waals surface area contributed by atoms with Crippen molar-refractivity contribution in [2.24, 2.45) is 0 Å². The summed E-state index contributed by atoms with van der Waals surface area (Å²) in [7, 11) is 0. The van der Waals surface area contributed by atoms with Crippen LogP contribution in [0.25, 0.3) is 11.4 Å². The van der Waals surface area contributed by atoms with Gasteiger partial charge in [0.1, 0.15) is 10.4 Å². The van der Waals surface area contributed by atoms with E-state index in [1.165, 1.54) is 12.1 Å². The van der Waals surface area contributed by atoms with Crippen molar-refractivity contribution >= 4 is 15.9 Å². The lowest BCUT2D eigenvalue weighted by Gasteiger charge is -2.05. The molecule has 0 aliphatic heterocycles. The lowest BCUT2D eigenvalue weighted by atomic mass is 10.2. The molecule has 0 fully saturated rings. The Hall–Kier alpha value is -1.56. The average molecular weight is 301 g/mol. The summed E-state index contributed by atoms with van der Waals surface area (Å²) in [5.74, 6) is 0.627. The molecule has 0 spiro atoms. The van der Waals surface area contributed by atoms with Crippen molar-refractivity contribution in [3.8, 4) is 17.1 Å². The third-order valence-electron chi connectivity index (χ3n) is 1.96. The van der Waals surface area contributed by atoms with Gasteiger partial charge in [0.15, 0.2) is 5.82 Å². The Morgan fingerprint density at radius 3 is 2.41 bits per heavy atom. The molecule has 0 saturated carbocycles. The highest BCUT2D eigenvalue weighted by Gasteiger charge is 2.05. The molecule has 0 unspecified atom stereocenters. The molecule has 1 aromatic heterocycles. The van der Waals surface area contributed by atoms with Crippen LogP contribution in [0.4, 0.5) is 8.78 Å². The van der Waals surface area contributed by atoms with Crippen LogP contribution >= 0.6 is 15.9 Å². The maximum absolute atomic E-state index is 11.9. The Balaban J connectivity index is 2.23. The first-order valence-electron chi connectivity index (χ1n) is 4.69. The molecular weight excluding hydrogens is 294 g/mol. The highest BCUT2D eigenvalue weighted by atomic mass is 79.9. The van der Waals surface area contributed by atoms with Gasteiger partial charge in [0.05, 0.1) is 0 Å². The monoisotopic (exact) mass is 300 g/mol. The minimum absolute atomic E-state index is 0.110. The van der Waals surface area contributed by atoms with Crippen LogP contribution < -0.4 is 4.74 Å². The van der Waals surface area contributed by atoms with Gasteiger partial charge in [-0.1, -0.05) is 0 Å². The molecule has 0 saturated heterocycles. The molecule has 2 aromatic rings. The fourth-order valence-corrected chi connectivity index (χ4v) is 1.55. The van der Waals surface area contributed by atoms with Gasteiger partial charge in [-0.05, 0) is 46.3 Å². The summed E-state index contributed by atoms with van der Waals surface area (Å²) in [5, 5.41) is 0. The number of halogens is 3. The Morgan fingerprint density at radius 1 is 1.12 bits per heavy atom. The Kier molecular flexibility index (Phi) is 3.63. The summed E-state index contributed by atoms with van der Waals surface area (Å²) in [6.07, 6.45) is 1.61. The quantitative estimate of drug-likeness (QED) is 0.814. The third-order valence-corrected chi connectivity index (χ3v) is 2.40. The van der Waals surface area contributed by atoms with Gasteiger partial charge in [0, 0.05) is 11.8 Å². The minimum Gasteiger partial charge on any atom is -0.435 e. The molecule has 0 atom stereocenters. The van der Waals surface area contributed by atoms with E-state index >= 15 is 0 Å². The van der Waals surface area contributed by atoms with Gasteiger partial charge in [-0.25, -0.2) is 9.97 Å². The van der Waals surface area contributed by atoms with E-state index < -0.39 is 6.61 Å². The average Bonchev–Trinajstić information content (AvgIpc) is 2.29. The van der Waals surface area contributed by atoms with Gasteiger partial charge >= 0.3 is 6.61 Å². The highest BCUT2D eigenvalue weighted by molar-refractivity contribution is 9.10. The van der Waals surface area contributed by atoms with Gasteiger partial charge in [0.2, 0.25) is 0 Å². The Labute approximate surface area is 105 Å². The summed E-state index contributed by atoms with van der Waals surface area (Å²) in [6.45, 7) is -2.82. The molecule has 0 amide bonds. The predicted octanol–water partition coefficient (Wildman–Crippen LogP) is 3.51. The predicted molar refractivity (Wildman–Crippen MR) is 61.8 cm³/mol. The maximum Gasteiger partial charge on any atom is 0.387 e. The van der Waals surface area contributed by atoms with Crippen LogP contribution in [0.15, 0.2) is 41.1 Å². The summed E-state index contributed by atoms with van der Waals surface area (Å²) < 4.78 is 28.8. The number of hydrogen-bond acceptors (Lipinski definition) is 3.